The first-order valence-electron chi connectivity index (χ1n) is 10.4. The Labute approximate surface area is 164 Å². The average molecular weight is 395 g/mol. The van der Waals surface area contributed by atoms with Crippen molar-refractivity contribution >= 4 is 10.2 Å². The molecule has 0 aromatic heterocycles. The van der Waals surface area contributed by atoms with Crippen LogP contribution in [-0.4, -0.2) is 37.5 Å². The molecule has 1 aromatic carbocycles. The Kier molecular flexibility index (Phi) is 6.62. The fraction of sp³-hybridized carbons (Fsp3) is 0.714. The Morgan fingerprint density at radius 3 is 2.30 bits per heavy atom. The summed E-state index contributed by atoms with van der Waals surface area (Å²) in [5, 5.41) is 11.0. The van der Waals surface area contributed by atoms with Crippen molar-refractivity contribution in [2.45, 2.75) is 64.4 Å². The van der Waals surface area contributed by atoms with Gasteiger partial charge in [-0.25, -0.2) is 4.72 Å². The van der Waals surface area contributed by atoms with Crippen LogP contribution < -0.4 is 4.72 Å². The average Bonchev–Trinajstić information content (AvgIpc) is 3.18. The topological polar surface area (TPSA) is 69.6 Å². The predicted octanol–water partition coefficient (Wildman–Crippen LogP) is 3.19. The SMILES string of the molecule is CC(C)C1CCC(O)(c2ccc(CCNS(=O)(=O)N3CCCC3)cc2)CC1. The summed E-state index contributed by atoms with van der Waals surface area (Å²) in [4.78, 5) is 0. The minimum absolute atomic E-state index is 0.401. The molecule has 0 spiro atoms. The Morgan fingerprint density at radius 2 is 1.74 bits per heavy atom. The summed E-state index contributed by atoms with van der Waals surface area (Å²) in [5.74, 6) is 1.40. The third-order valence-electron chi connectivity index (χ3n) is 6.39. The van der Waals surface area contributed by atoms with E-state index < -0.39 is 15.8 Å². The number of hydrogen-bond acceptors (Lipinski definition) is 3. The summed E-state index contributed by atoms with van der Waals surface area (Å²) in [6.07, 6.45) is 6.35. The lowest BCUT2D eigenvalue weighted by Crippen LogP contribution is -2.39. The van der Waals surface area contributed by atoms with Gasteiger partial charge in [0.25, 0.3) is 10.2 Å². The van der Waals surface area contributed by atoms with E-state index in [-0.39, 0.29) is 0 Å². The minimum Gasteiger partial charge on any atom is -0.385 e. The van der Waals surface area contributed by atoms with Crippen LogP contribution in [0.4, 0.5) is 0 Å². The van der Waals surface area contributed by atoms with Crippen molar-refractivity contribution in [2.75, 3.05) is 19.6 Å². The fourth-order valence-corrected chi connectivity index (χ4v) is 5.68. The zero-order valence-electron chi connectivity index (χ0n) is 16.7. The van der Waals surface area contributed by atoms with Gasteiger partial charge in [0.1, 0.15) is 0 Å². The van der Waals surface area contributed by atoms with E-state index in [1.165, 1.54) is 4.31 Å². The largest absolute Gasteiger partial charge is 0.385 e. The van der Waals surface area contributed by atoms with Crippen molar-refractivity contribution in [3.63, 3.8) is 0 Å². The lowest BCUT2D eigenvalue weighted by atomic mass is 9.72. The zero-order valence-corrected chi connectivity index (χ0v) is 17.5. The quantitative estimate of drug-likeness (QED) is 0.746. The van der Waals surface area contributed by atoms with Gasteiger partial charge in [-0.1, -0.05) is 38.1 Å². The summed E-state index contributed by atoms with van der Waals surface area (Å²) >= 11 is 0. The van der Waals surface area contributed by atoms with Crippen LogP contribution in [0.2, 0.25) is 0 Å². The zero-order chi connectivity index (χ0) is 19.5. The summed E-state index contributed by atoms with van der Waals surface area (Å²) in [5.41, 5.74) is 1.37. The van der Waals surface area contributed by atoms with E-state index in [2.05, 4.69) is 18.6 Å². The van der Waals surface area contributed by atoms with Crippen molar-refractivity contribution < 1.29 is 13.5 Å². The molecule has 3 rings (SSSR count). The van der Waals surface area contributed by atoms with Crippen molar-refractivity contribution in [3.05, 3.63) is 35.4 Å². The van der Waals surface area contributed by atoms with Crippen molar-refractivity contribution in [2.24, 2.45) is 11.8 Å². The molecule has 2 aliphatic rings. The molecule has 1 heterocycles. The van der Waals surface area contributed by atoms with E-state index in [9.17, 15) is 13.5 Å². The summed E-state index contributed by atoms with van der Waals surface area (Å²) in [6, 6.07) is 8.07. The minimum atomic E-state index is -3.33. The molecule has 0 bridgehead atoms. The van der Waals surface area contributed by atoms with E-state index in [4.69, 9.17) is 0 Å². The second-order valence-corrected chi connectivity index (χ2v) is 10.3. The van der Waals surface area contributed by atoms with E-state index in [1.807, 2.05) is 24.3 Å². The molecule has 0 radical (unpaired) electrons. The Balaban J connectivity index is 1.51. The monoisotopic (exact) mass is 394 g/mol. The van der Waals surface area contributed by atoms with E-state index in [0.29, 0.717) is 37.9 Å². The molecule has 0 unspecified atom stereocenters. The van der Waals surface area contributed by atoms with Crippen LogP contribution in [0.1, 0.15) is 63.5 Å². The number of nitrogens with zero attached hydrogens (tertiary/aromatic N) is 1. The summed E-state index contributed by atoms with van der Waals surface area (Å²) in [7, 11) is -3.33. The maximum Gasteiger partial charge on any atom is 0.279 e. The molecule has 1 aliphatic carbocycles. The third-order valence-corrected chi connectivity index (χ3v) is 8.01. The van der Waals surface area contributed by atoms with Crippen LogP contribution in [0.15, 0.2) is 24.3 Å². The smallest absolute Gasteiger partial charge is 0.279 e. The van der Waals surface area contributed by atoms with E-state index in [1.54, 1.807) is 0 Å². The van der Waals surface area contributed by atoms with Gasteiger partial charge < -0.3 is 5.11 Å². The van der Waals surface area contributed by atoms with Crippen LogP contribution in [-0.2, 0) is 22.2 Å². The maximum absolute atomic E-state index is 12.2. The summed E-state index contributed by atoms with van der Waals surface area (Å²) in [6.45, 7) is 6.18. The Hall–Kier alpha value is -0.950. The molecule has 27 heavy (non-hydrogen) atoms. The number of aliphatic hydroxyl groups is 1. The Morgan fingerprint density at radius 1 is 1.15 bits per heavy atom. The highest BCUT2D eigenvalue weighted by Gasteiger charge is 2.35. The highest BCUT2D eigenvalue weighted by molar-refractivity contribution is 7.87. The molecular weight excluding hydrogens is 360 g/mol. The first-order valence-corrected chi connectivity index (χ1v) is 11.8. The lowest BCUT2D eigenvalue weighted by molar-refractivity contribution is -0.0199. The second-order valence-electron chi connectivity index (χ2n) is 8.57. The molecule has 5 nitrogen and oxygen atoms in total. The molecule has 0 amide bonds. The van der Waals surface area contributed by atoms with Crippen LogP contribution in [0, 0.1) is 11.8 Å². The normalized spacial score (nSPS) is 27.3. The summed E-state index contributed by atoms with van der Waals surface area (Å²) < 4.78 is 28.6. The van der Waals surface area contributed by atoms with Gasteiger partial charge in [-0.15, -0.1) is 0 Å². The molecule has 2 fully saturated rings. The van der Waals surface area contributed by atoms with Gasteiger partial charge in [0.05, 0.1) is 5.60 Å². The number of nitrogens with one attached hydrogen (secondary N) is 1. The number of benzene rings is 1. The molecular formula is C21H34N2O3S. The van der Waals surface area contributed by atoms with Crippen molar-refractivity contribution in [1.82, 2.24) is 9.03 Å². The standard InChI is InChI=1S/C21H34N2O3S/c1-17(2)19-9-12-21(24,13-10-19)20-7-5-18(6-8-20)11-14-22-27(25,26)23-15-3-4-16-23/h5-8,17,19,22,24H,3-4,9-16H2,1-2H3. The first-order chi connectivity index (χ1) is 12.8. The third kappa shape index (κ3) is 5.11. The molecule has 1 saturated carbocycles. The van der Waals surface area contributed by atoms with Crippen molar-refractivity contribution in [3.8, 4) is 0 Å². The van der Waals surface area contributed by atoms with Gasteiger partial charge in [0.15, 0.2) is 0 Å². The maximum atomic E-state index is 12.2. The first kappa shape index (κ1) is 20.8. The van der Waals surface area contributed by atoms with Crippen LogP contribution >= 0.6 is 0 Å². The van der Waals surface area contributed by atoms with Crippen LogP contribution in [0.5, 0.6) is 0 Å². The number of rotatable bonds is 7. The van der Waals surface area contributed by atoms with Gasteiger partial charge >= 0.3 is 0 Å². The molecule has 1 aliphatic heterocycles. The second kappa shape index (κ2) is 8.60. The molecule has 2 N–H and O–H groups in total. The van der Waals surface area contributed by atoms with Gasteiger partial charge in [0, 0.05) is 19.6 Å². The highest BCUT2D eigenvalue weighted by atomic mass is 32.2. The molecule has 1 saturated heterocycles. The Bertz CT molecular complexity index is 701. The number of hydrogen-bond donors (Lipinski definition) is 2. The van der Waals surface area contributed by atoms with Gasteiger partial charge in [-0.05, 0) is 67.9 Å². The molecule has 0 atom stereocenters. The molecule has 152 valence electrons. The van der Waals surface area contributed by atoms with E-state index in [0.717, 1.165) is 49.7 Å². The molecule has 1 aromatic rings. The highest BCUT2D eigenvalue weighted by Crippen LogP contribution is 2.41. The van der Waals surface area contributed by atoms with Gasteiger partial charge in [-0.2, -0.15) is 12.7 Å². The van der Waals surface area contributed by atoms with Crippen LogP contribution in [0.3, 0.4) is 0 Å². The van der Waals surface area contributed by atoms with Gasteiger partial charge in [0.2, 0.25) is 0 Å². The van der Waals surface area contributed by atoms with Gasteiger partial charge in [-0.3, -0.25) is 0 Å². The lowest BCUT2D eigenvalue weighted by Gasteiger charge is -2.38. The predicted molar refractivity (Wildman–Crippen MR) is 109 cm³/mol. The van der Waals surface area contributed by atoms with Crippen molar-refractivity contribution in [1.29, 1.82) is 0 Å². The fourth-order valence-electron chi connectivity index (χ4n) is 4.40. The molecule has 6 heteroatoms. The van der Waals surface area contributed by atoms with E-state index >= 15 is 0 Å². The van der Waals surface area contributed by atoms with Crippen LogP contribution in [0.25, 0.3) is 0 Å².